The summed E-state index contributed by atoms with van der Waals surface area (Å²) in [5.74, 6) is -5.01. The summed E-state index contributed by atoms with van der Waals surface area (Å²) < 4.78 is 33.2. The number of nitrogens with zero attached hydrogens (tertiary/aromatic N) is 1. The van der Waals surface area contributed by atoms with Crippen molar-refractivity contribution in [3.8, 4) is 5.75 Å². The van der Waals surface area contributed by atoms with Gasteiger partial charge in [-0.2, -0.15) is 4.72 Å². The lowest BCUT2D eigenvalue weighted by Gasteiger charge is -2.19. The number of hydrogen-bond donors (Lipinski definition) is 4. The highest BCUT2D eigenvalue weighted by atomic mass is 32.2. The Morgan fingerprint density at radius 1 is 0.881 bits per heavy atom. The SMILES string of the molecule is O=C(O)C(Oc1ccc(C[C@H](NS(=O)(=O)c2ccccc2)C(=O)NCCCCc2ccccc2)cc1[N+](=O)[O-])C(=O)O. The molecular formula is C28H29N3O10S. The highest BCUT2D eigenvalue weighted by Crippen LogP contribution is 2.30. The summed E-state index contributed by atoms with van der Waals surface area (Å²) in [6.45, 7) is 0.258. The molecule has 0 aliphatic heterocycles. The highest BCUT2D eigenvalue weighted by Gasteiger charge is 2.32. The Hall–Kier alpha value is -4.82. The summed E-state index contributed by atoms with van der Waals surface area (Å²) in [5, 5.41) is 32.5. The number of nitro benzene ring substituents is 1. The van der Waals surface area contributed by atoms with Crippen LogP contribution in [0.5, 0.6) is 5.75 Å². The number of carbonyl (C=O) groups is 3. The molecule has 3 aromatic carbocycles. The molecule has 1 amide bonds. The number of ether oxygens (including phenoxy) is 1. The van der Waals surface area contributed by atoms with E-state index in [1.165, 1.54) is 30.3 Å². The Balaban J connectivity index is 1.79. The summed E-state index contributed by atoms with van der Waals surface area (Å²) in [7, 11) is -4.17. The fourth-order valence-electron chi connectivity index (χ4n) is 3.98. The van der Waals surface area contributed by atoms with Crippen molar-refractivity contribution in [3.05, 3.63) is 100 Å². The molecule has 13 nitrogen and oxygen atoms in total. The van der Waals surface area contributed by atoms with E-state index in [1.54, 1.807) is 6.07 Å². The fraction of sp³-hybridized carbons (Fsp3) is 0.250. The van der Waals surface area contributed by atoms with Crippen LogP contribution in [0.25, 0.3) is 0 Å². The minimum Gasteiger partial charge on any atom is -0.478 e. The average molecular weight is 600 g/mol. The first-order chi connectivity index (χ1) is 20.0. The van der Waals surface area contributed by atoms with Gasteiger partial charge in [0.05, 0.1) is 9.82 Å². The second-order valence-electron chi connectivity index (χ2n) is 9.16. The summed E-state index contributed by atoms with van der Waals surface area (Å²) in [4.78, 5) is 46.2. The van der Waals surface area contributed by atoms with Gasteiger partial charge in [-0.3, -0.25) is 14.9 Å². The van der Waals surface area contributed by atoms with E-state index < -0.39 is 56.4 Å². The largest absolute Gasteiger partial charge is 0.478 e. The summed E-state index contributed by atoms with van der Waals surface area (Å²) in [5.41, 5.74) is 0.520. The van der Waals surface area contributed by atoms with Gasteiger partial charge in [0.25, 0.3) is 6.10 Å². The molecule has 0 aliphatic carbocycles. The van der Waals surface area contributed by atoms with Gasteiger partial charge in [0.15, 0.2) is 5.75 Å². The topological polar surface area (TPSA) is 202 Å². The first kappa shape index (κ1) is 31.7. The zero-order chi connectivity index (χ0) is 30.7. The monoisotopic (exact) mass is 599 g/mol. The van der Waals surface area contributed by atoms with Gasteiger partial charge in [0.1, 0.15) is 6.04 Å². The van der Waals surface area contributed by atoms with E-state index >= 15 is 0 Å². The molecule has 0 fully saturated rings. The zero-order valence-corrected chi connectivity index (χ0v) is 23.0. The summed E-state index contributed by atoms with van der Waals surface area (Å²) >= 11 is 0. The maximum atomic E-state index is 13.1. The lowest BCUT2D eigenvalue weighted by atomic mass is 10.0. The van der Waals surface area contributed by atoms with Crippen molar-refractivity contribution < 1.29 is 42.7 Å². The molecular weight excluding hydrogens is 570 g/mol. The number of carboxylic acids is 2. The van der Waals surface area contributed by atoms with Crippen molar-refractivity contribution in [2.45, 2.75) is 42.7 Å². The summed E-state index contributed by atoms with van der Waals surface area (Å²) in [6, 6.07) is 18.9. The van der Waals surface area contributed by atoms with Gasteiger partial charge in [-0.05, 0) is 55.0 Å². The van der Waals surface area contributed by atoms with Gasteiger partial charge in [-0.25, -0.2) is 18.0 Å². The number of nitro groups is 1. The van der Waals surface area contributed by atoms with Crippen molar-refractivity contribution in [2.24, 2.45) is 0 Å². The minimum atomic E-state index is -4.17. The van der Waals surface area contributed by atoms with Crippen LogP contribution in [0.4, 0.5) is 5.69 Å². The van der Waals surface area contributed by atoms with E-state index in [0.717, 1.165) is 30.5 Å². The molecule has 0 radical (unpaired) electrons. The van der Waals surface area contributed by atoms with Crippen molar-refractivity contribution in [2.75, 3.05) is 6.54 Å². The van der Waals surface area contributed by atoms with Gasteiger partial charge in [-0.15, -0.1) is 0 Å². The molecule has 0 saturated heterocycles. The molecule has 0 saturated carbocycles. The predicted octanol–water partition coefficient (Wildman–Crippen LogP) is 2.54. The van der Waals surface area contributed by atoms with Crippen LogP contribution < -0.4 is 14.8 Å². The Kier molecular flexibility index (Phi) is 11.1. The van der Waals surface area contributed by atoms with Gasteiger partial charge in [-0.1, -0.05) is 54.6 Å². The van der Waals surface area contributed by atoms with Crippen LogP contribution in [-0.2, 0) is 37.2 Å². The second-order valence-corrected chi connectivity index (χ2v) is 10.9. The van der Waals surface area contributed by atoms with Crippen LogP contribution in [0, 0.1) is 10.1 Å². The zero-order valence-electron chi connectivity index (χ0n) is 22.2. The summed E-state index contributed by atoms with van der Waals surface area (Å²) in [6.07, 6.45) is -0.530. The molecule has 14 heteroatoms. The number of amides is 1. The first-order valence-corrected chi connectivity index (χ1v) is 14.2. The Morgan fingerprint density at radius 3 is 2.10 bits per heavy atom. The van der Waals surface area contributed by atoms with Crippen molar-refractivity contribution in [1.82, 2.24) is 10.0 Å². The number of unbranched alkanes of at least 4 members (excludes halogenated alkanes) is 1. The molecule has 3 aromatic rings. The minimum absolute atomic E-state index is 0.0891. The van der Waals surface area contributed by atoms with E-state index in [-0.39, 0.29) is 23.4 Å². The molecule has 0 bridgehead atoms. The maximum absolute atomic E-state index is 13.1. The van der Waals surface area contributed by atoms with Crippen molar-refractivity contribution >= 4 is 33.6 Å². The van der Waals surface area contributed by atoms with Crippen LogP contribution in [-0.4, -0.2) is 60.1 Å². The number of carbonyl (C=O) groups excluding carboxylic acids is 1. The van der Waals surface area contributed by atoms with E-state index in [1.807, 2.05) is 30.3 Å². The average Bonchev–Trinajstić information content (AvgIpc) is 2.96. The van der Waals surface area contributed by atoms with E-state index in [4.69, 9.17) is 14.9 Å². The number of rotatable bonds is 16. The third kappa shape index (κ3) is 9.11. The number of benzene rings is 3. The normalized spacial score (nSPS) is 11.9. The molecule has 222 valence electrons. The third-order valence-corrected chi connectivity index (χ3v) is 7.54. The van der Waals surface area contributed by atoms with Crippen LogP contribution in [0.3, 0.4) is 0 Å². The Morgan fingerprint density at radius 2 is 1.50 bits per heavy atom. The van der Waals surface area contributed by atoms with Crippen molar-refractivity contribution in [3.63, 3.8) is 0 Å². The van der Waals surface area contributed by atoms with Crippen LogP contribution >= 0.6 is 0 Å². The van der Waals surface area contributed by atoms with Gasteiger partial charge in [0.2, 0.25) is 15.9 Å². The van der Waals surface area contributed by atoms with Crippen molar-refractivity contribution in [1.29, 1.82) is 0 Å². The van der Waals surface area contributed by atoms with E-state index in [0.29, 0.717) is 6.42 Å². The van der Waals surface area contributed by atoms with Gasteiger partial charge >= 0.3 is 17.6 Å². The molecule has 42 heavy (non-hydrogen) atoms. The first-order valence-electron chi connectivity index (χ1n) is 12.8. The van der Waals surface area contributed by atoms with E-state index in [2.05, 4.69) is 10.0 Å². The molecule has 4 N–H and O–H groups in total. The molecule has 1 atom stereocenters. The second kappa shape index (κ2) is 14.7. The van der Waals surface area contributed by atoms with Gasteiger partial charge in [0, 0.05) is 12.6 Å². The lowest BCUT2D eigenvalue weighted by molar-refractivity contribution is -0.386. The Bertz CT molecular complexity index is 1500. The predicted molar refractivity (Wildman–Crippen MR) is 149 cm³/mol. The quantitative estimate of drug-likeness (QED) is 0.0820. The number of aryl methyl sites for hydroxylation is 1. The standard InChI is InChI=1S/C28H29N3O10S/c32-26(29-16-8-7-11-19-9-3-1-4-10-19)22(30-42(39,40)21-12-5-2-6-13-21)17-20-14-15-24(23(18-20)31(37)38)41-25(27(33)34)28(35)36/h1-6,9-10,12-15,18,22,25,30H,7-8,11,16-17H2,(H,29,32)(H,33,34)(H,35,36)/t22-/m0/s1. The Labute approximate surface area is 241 Å². The van der Waals surface area contributed by atoms with Gasteiger partial charge < -0.3 is 20.3 Å². The fourth-order valence-corrected chi connectivity index (χ4v) is 5.19. The smallest absolute Gasteiger partial charge is 0.356 e. The molecule has 0 heterocycles. The molecule has 0 aromatic heterocycles. The molecule has 0 unspecified atom stereocenters. The van der Waals surface area contributed by atoms with Crippen LogP contribution in [0.2, 0.25) is 0 Å². The number of sulfonamides is 1. The number of carboxylic acid groups (broad SMARTS) is 2. The molecule has 3 rings (SSSR count). The number of hydrogen-bond acceptors (Lipinski definition) is 8. The number of aliphatic carboxylic acids is 2. The molecule has 0 aliphatic rings. The third-order valence-electron chi connectivity index (χ3n) is 6.05. The van der Waals surface area contributed by atoms with Crippen LogP contribution in [0.15, 0.2) is 83.8 Å². The molecule has 0 spiro atoms. The maximum Gasteiger partial charge on any atom is 0.356 e. The lowest BCUT2D eigenvalue weighted by Crippen LogP contribution is -2.48. The van der Waals surface area contributed by atoms with Crippen LogP contribution in [0.1, 0.15) is 24.0 Å². The highest BCUT2D eigenvalue weighted by molar-refractivity contribution is 7.89. The van der Waals surface area contributed by atoms with E-state index in [9.17, 15) is 32.9 Å². The number of nitrogens with one attached hydrogen (secondary N) is 2.